The number of carbonyl (C=O) groups excluding carboxylic acids is 1. The van der Waals surface area contributed by atoms with Gasteiger partial charge in [0, 0.05) is 5.56 Å². The Kier molecular flexibility index (Phi) is 4.31. The van der Waals surface area contributed by atoms with E-state index >= 15 is 0 Å². The minimum Gasteiger partial charge on any atom is -0.289 e. The van der Waals surface area contributed by atoms with Crippen molar-refractivity contribution in [1.82, 2.24) is 0 Å². The van der Waals surface area contributed by atoms with Gasteiger partial charge in [0.15, 0.2) is 5.78 Å². The maximum atomic E-state index is 12.4. The molecule has 1 fully saturated rings. The zero-order valence-corrected chi connectivity index (χ0v) is 11.3. The van der Waals surface area contributed by atoms with Gasteiger partial charge in [-0.05, 0) is 43.9 Å². The molecule has 0 atom stereocenters. The summed E-state index contributed by atoms with van der Waals surface area (Å²) in [4.78, 5) is 12.0. The van der Waals surface area contributed by atoms with Crippen LogP contribution in [0.4, 0.5) is 13.2 Å². The third-order valence-corrected chi connectivity index (χ3v) is 3.85. The Hall–Kier alpha value is -1.58. The van der Waals surface area contributed by atoms with Crippen molar-refractivity contribution in [3.63, 3.8) is 0 Å². The molecule has 0 saturated heterocycles. The fourth-order valence-corrected chi connectivity index (χ4v) is 2.61. The molecule has 0 aliphatic heterocycles. The topological polar surface area (TPSA) is 17.1 Å². The van der Waals surface area contributed by atoms with E-state index in [1.807, 2.05) is 6.92 Å². The predicted molar refractivity (Wildman–Crippen MR) is 71.5 cm³/mol. The van der Waals surface area contributed by atoms with E-state index < -0.39 is 11.7 Å². The van der Waals surface area contributed by atoms with Crippen LogP contribution in [0, 0.1) is 5.92 Å². The summed E-state index contributed by atoms with van der Waals surface area (Å²) in [5.74, 6) is 0.233. The first kappa shape index (κ1) is 14.8. The van der Waals surface area contributed by atoms with Crippen molar-refractivity contribution in [3.05, 3.63) is 47.0 Å². The van der Waals surface area contributed by atoms with Crippen LogP contribution < -0.4 is 0 Å². The Balaban J connectivity index is 2.11. The van der Waals surface area contributed by atoms with Crippen LogP contribution in [0.3, 0.4) is 0 Å². The number of ketones is 1. The Morgan fingerprint density at radius 1 is 1.15 bits per heavy atom. The van der Waals surface area contributed by atoms with Crippen LogP contribution in [0.5, 0.6) is 0 Å². The fourth-order valence-electron chi connectivity index (χ4n) is 2.61. The Bertz CT molecular complexity index is 506. The first-order valence-corrected chi connectivity index (χ1v) is 6.77. The molecule has 1 aliphatic carbocycles. The van der Waals surface area contributed by atoms with Crippen molar-refractivity contribution >= 4 is 5.78 Å². The molecule has 4 heteroatoms. The van der Waals surface area contributed by atoms with E-state index in [-0.39, 0.29) is 5.78 Å². The maximum Gasteiger partial charge on any atom is 0.416 e. The zero-order valence-electron chi connectivity index (χ0n) is 11.3. The van der Waals surface area contributed by atoms with Gasteiger partial charge in [-0.2, -0.15) is 13.2 Å². The molecule has 0 spiro atoms. The second-order valence-electron chi connectivity index (χ2n) is 5.31. The minimum absolute atomic E-state index is 0.219. The van der Waals surface area contributed by atoms with Gasteiger partial charge in [-0.25, -0.2) is 0 Å². The Morgan fingerprint density at radius 2 is 1.70 bits per heavy atom. The molecule has 0 aromatic heterocycles. The van der Waals surface area contributed by atoms with Gasteiger partial charge < -0.3 is 0 Å². The van der Waals surface area contributed by atoms with Crippen molar-refractivity contribution in [2.75, 3.05) is 0 Å². The number of carbonyl (C=O) groups is 1. The lowest BCUT2D eigenvalue weighted by Gasteiger charge is -2.09. The van der Waals surface area contributed by atoms with Gasteiger partial charge in [-0.15, -0.1) is 0 Å². The molecule has 1 nitrogen and oxygen atoms in total. The highest BCUT2D eigenvalue weighted by molar-refractivity contribution is 6.04. The predicted octanol–water partition coefficient (Wildman–Crippen LogP) is 5.02. The summed E-state index contributed by atoms with van der Waals surface area (Å²) in [6.07, 6.45) is 1.77. The van der Waals surface area contributed by atoms with E-state index in [9.17, 15) is 18.0 Å². The molecule has 1 aliphatic rings. The lowest BCUT2D eigenvalue weighted by Crippen LogP contribution is -2.06. The summed E-state index contributed by atoms with van der Waals surface area (Å²) in [7, 11) is 0. The van der Waals surface area contributed by atoms with Gasteiger partial charge in [-0.3, -0.25) is 4.79 Å². The molecule has 108 valence electrons. The number of hydrogen-bond donors (Lipinski definition) is 0. The summed E-state index contributed by atoms with van der Waals surface area (Å²) < 4.78 is 37.3. The van der Waals surface area contributed by atoms with E-state index in [2.05, 4.69) is 0 Å². The van der Waals surface area contributed by atoms with Crippen molar-refractivity contribution in [2.45, 2.75) is 38.8 Å². The number of hydrogen-bond acceptors (Lipinski definition) is 1. The molecule has 0 heterocycles. The Morgan fingerprint density at radius 3 is 2.20 bits per heavy atom. The van der Waals surface area contributed by atoms with Crippen LogP contribution >= 0.6 is 0 Å². The highest BCUT2D eigenvalue weighted by atomic mass is 19.4. The lowest BCUT2D eigenvalue weighted by molar-refractivity contribution is -0.137. The minimum atomic E-state index is -4.36. The second kappa shape index (κ2) is 5.81. The van der Waals surface area contributed by atoms with Crippen LogP contribution in [-0.2, 0) is 6.18 Å². The molecular formula is C16H17F3O. The van der Waals surface area contributed by atoms with Crippen LogP contribution in [0.1, 0.15) is 48.5 Å². The molecule has 0 unspecified atom stereocenters. The van der Waals surface area contributed by atoms with Crippen LogP contribution in [-0.4, -0.2) is 5.78 Å². The Labute approximate surface area is 116 Å². The normalized spacial score (nSPS) is 17.5. The number of rotatable bonds is 3. The van der Waals surface area contributed by atoms with E-state index in [0.717, 1.165) is 30.5 Å². The van der Waals surface area contributed by atoms with E-state index in [4.69, 9.17) is 0 Å². The van der Waals surface area contributed by atoms with E-state index in [0.29, 0.717) is 11.5 Å². The molecule has 1 saturated carbocycles. The van der Waals surface area contributed by atoms with Crippen molar-refractivity contribution in [2.24, 2.45) is 5.92 Å². The summed E-state index contributed by atoms with van der Waals surface area (Å²) >= 11 is 0. The van der Waals surface area contributed by atoms with Crippen molar-refractivity contribution in [3.8, 4) is 0 Å². The molecular weight excluding hydrogens is 265 g/mol. The molecule has 0 radical (unpaired) electrons. The number of benzene rings is 1. The average Bonchev–Trinajstić information content (AvgIpc) is 2.91. The van der Waals surface area contributed by atoms with Gasteiger partial charge in [-0.1, -0.05) is 30.5 Å². The largest absolute Gasteiger partial charge is 0.416 e. The number of halogens is 3. The third-order valence-electron chi connectivity index (χ3n) is 3.85. The first-order chi connectivity index (χ1) is 9.38. The van der Waals surface area contributed by atoms with Crippen molar-refractivity contribution in [1.29, 1.82) is 0 Å². The van der Waals surface area contributed by atoms with Gasteiger partial charge in [0.1, 0.15) is 0 Å². The molecule has 0 N–H and O–H groups in total. The fraction of sp³-hybridized carbons (Fsp3) is 0.438. The monoisotopic (exact) mass is 282 g/mol. The average molecular weight is 282 g/mol. The number of allylic oxidation sites excluding steroid dienone is 2. The lowest BCUT2D eigenvalue weighted by atomic mass is 9.96. The zero-order chi connectivity index (χ0) is 14.8. The summed E-state index contributed by atoms with van der Waals surface area (Å²) in [5.41, 5.74) is 0.605. The van der Waals surface area contributed by atoms with E-state index in [1.165, 1.54) is 25.0 Å². The van der Waals surface area contributed by atoms with Crippen LogP contribution in [0.25, 0.3) is 0 Å². The van der Waals surface area contributed by atoms with Crippen molar-refractivity contribution < 1.29 is 18.0 Å². The van der Waals surface area contributed by atoms with Crippen LogP contribution in [0.15, 0.2) is 35.9 Å². The maximum absolute atomic E-state index is 12.4. The van der Waals surface area contributed by atoms with Crippen LogP contribution in [0.2, 0.25) is 0 Å². The summed E-state index contributed by atoms with van der Waals surface area (Å²) in [5, 5.41) is 0. The van der Waals surface area contributed by atoms with Gasteiger partial charge in [0.2, 0.25) is 0 Å². The third kappa shape index (κ3) is 3.50. The highest BCUT2D eigenvalue weighted by Crippen LogP contribution is 2.31. The molecule has 1 aromatic rings. The van der Waals surface area contributed by atoms with Gasteiger partial charge >= 0.3 is 6.18 Å². The summed E-state index contributed by atoms with van der Waals surface area (Å²) in [6.45, 7) is 1.93. The smallest absolute Gasteiger partial charge is 0.289 e. The second-order valence-corrected chi connectivity index (χ2v) is 5.31. The van der Waals surface area contributed by atoms with Gasteiger partial charge in [0.05, 0.1) is 5.56 Å². The highest BCUT2D eigenvalue weighted by Gasteiger charge is 2.30. The first-order valence-electron chi connectivity index (χ1n) is 6.77. The molecule has 2 rings (SSSR count). The van der Waals surface area contributed by atoms with Gasteiger partial charge in [0.25, 0.3) is 0 Å². The SMILES string of the molecule is C/C(=C/C(=O)c1ccc(C(F)(F)F)cc1)C1CCCC1. The summed E-state index contributed by atoms with van der Waals surface area (Å²) in [6, 6.07) is 4.38. The van der Waals surface area contributed by atoms with E-state index in [1.54, 1.807) is 6.08 Å². The molecule has 1 aromatic carbocycles. The molecule has 20 heavy (non-hydrogen) atoms. The molecule has 0 bridgehead atoms. The number of alkyl halides is 3. The quantitative estimate of drug-likeness (QED) is 0.561. The standard InChI is InChI=1S/C16H17F3O/c1-11(12-4-2-3-5-12)10-15(20)13-6-8-14(9-7-13)16(17,18)19/h6-10,12H,2-5H2,1H3/b11-10-. The molecule has 0 amide bonds.